The minimum absolute atomic E-state index is 0.124. The first-order valence-electron chi connectivity index (χ1n) is 10.8. The summed E-state index contributed by atoms with van der Waals surface area (Å²) in [6.07, 6.45) is 0. The van der Waals surface area contributed by atoms with E-state index in [1.807, 2.05) is 0 Å². The first kappa shape index (κ1) is 24.8. The van der Waals surface area contributed by atoms with Gasteiger partial charge in [0.15, 0.2) is 0 Å². The summed E-state index contributed by atoms with van der Waals surface area (Å²) in [5, 5.41) is 5.45. The normalized spacial score (nSPS) is 12.2. The maximum Gasteiger partial charge on any atom is 0.308 e. The molecule has 1 aliphatic heterocycles. The number of nitrogens with zero attached hydrogens (tertiary/aromatic N) is 1. The molecule has 182 valence electrons. The molecular formula is C26H20BrN3O6. The molecule has 9 nitrogen and oxygen atoms in total. The van der Waals surface area contributed by atoms with E-state index in [1.165, 1.54) is 13.0 Å². The standard InChI is InChI=1S/C26H20BrN3O6/c1-15(31)36-20-7-3-5-17(11-20)24(33)29-19-6-2-4-16(10-19)13-28-23(32)14-30-25(34)21-9-8-18(27)12-22(21)26(30)35/h2-12H,13-14H2,1H3,(H,28,32)(H,29,33). The molecule has 36 heavy (non-hydrogen) atoms. The lowest BCUT2D eigenvalue weighted by atomic mass is 10.1. The zero-order chi connectivity index (χ0) is 25.8. The van der Waals surface area contributed by atoms with E-state index >= 15 is 0 Å². The molecular weight excluding hydrogens is 530 g/mol. The van der Waals surface area contributed by atoms with Gasteiger partial charge in [-0.15, -0.1) is 0 Å². The van der Waals surface area contributed by atoms with Crippen molar-refractivity contribution in [3.63, 3.8) is 0 Å². The number of nitrogens with one attached hydrogen (secondary N) is 2. The molecule has 0 spiro atoms. The number of halogens is 1. The van der Waals surface area contributed by atoms with E-state index in [0.717, 1.165) is 4.90 Å². The number of carbonyl (C=O) groups is 5. The van der Waals surface area contributed by atoms with Crippen molar-refractivity contribution in [1.82, 2.24) is 10.2 Å². The van der Waals surface area contributed by atoms with Crippen molar-refractivity contribution in [2.45, 2.75) is 13.5 Å². The summed E-state index contributed by atoms with van der Waals surface area (Å²) in [5.74, 6) is -2.16. The van der Waals surface area contributed by atoms with Crippen molar-refractivity contribution >= 4 is 51.2 Å². The summed E-state index contributed by atoms with van der Waals surface area (Å²) in [4.78, 5) is 62.2. The Morgan fingerprint density at radius 2 is 1.67 bits per heavy atom. The Bertz CT molecular complexity index is 1400. The molecule has 10 heteroatoms. The molecule has 1 aliphatic rings. The first-order chi connectivity index (χ1) is 17.2. The summed E-state index contributed by atoms with van der Waals surface area (Å²) in [5.41, 5.74) is 2.01. The highest BCUT2D eigenvalue weighted by atomic mass is 79.9. The fourth-order valence-corrected chi connectivity index (χ4v) is 4.00. The lowest BCUT2D eigenvalue weighted by Gasteiger charge is -2.14. The smallest absolute Gasteiger partial charge is 0.308 e. The second-order valence-corrected chi connectivity index (χ2v) is 8.85. The van der Waals surface area contributed by atoms with E-state index in [0.29, 0.717) is 21.3 Å². The number of hydrogen-bond donors (Lipinski definition) is 2. The van der Waals surface area contributed by atoms with Crippen LogP contribution in [0.15, 0.2) is 71.2 Å². The fourth-order valence-electron chi connectivity index (χ4n) is 3.64. The third-order valence-electron chi connectivity index (χ3n) is 5.27. The zero-order valence-corrected chi connectivity index (χ0v) is 20.6. The van der Waals surface area contributed by atoms with Crippen LogP contribution in [0.25, 0.3) is 0 Å². The summed E-state index contributed by atoms with van der Waals surface area (Å²) < 4.78 is 5.67. The molecule has 2 N–H and O–H groups in total. The highest BCUT2D eigenvalue weighted by Gasteiger charge is 2.36. The summed E-state index contributed by atoms with van der Waals surface area (Å²) in [7, 11) is 0. The number of fused-ring (bicyclic) bond motifs is 1. The molecule has 3 aromatic carbocycles. The minimum atomic E-state index is -0.520. The van der Waals surface area contributed by atoms with Gasteiger partial charge in [-0.3, -0.25) is 28.9 Å². The molecule has 0 aromatic heterocycles. The Morgan fingerprint density at radius 1 is 0.917 bits per heavy atom. The molecule has 0 bridgehead atoms. The van der Waals surface area contributed by atoms with Gasteiger partial charge < -0.3 is 15.4 Å². The molecule has 1 heterocycles. The van der Waals surface area contributed by atoms with Crippen LogP contribution in [0.3, 0.4) is 0 Å². The number of rotatable bonds is 7. The van der Waals surface area contributed by atoms with Gasteiger partial charge in [0.25, 0.3) is 17.7 Å². The largest absolute Gasteiger partial charge is 0.427 e. The number of ether oxygens (including phenoxy) is 1. The van der Waals surface area contributed by atoms with E-state index in [1.54, 1.807) is 60.7 Å². The van der Waals surface area contributed by atoms with Crippen LogP contribution in [-0.2, 0) is 16.1 Å². The topological polar surface area (TPSA) is 122 Å². The van der Waals surface area contributed by atoms with Gasteiger partial charge in [-0.05, 0) is 54.1 Å². The maximum absolute atomic E-state index is 12.6. The number of esters is 1. The Hall–Kier alpha value is -4.31. The minimum Gasteiger partial charge on any atom is -0.427 e. The lowest BCUT2D eigenvalue weighted by molar-refractivity contribution is -0.131. The highest BCUT2D eigenvalue weighted by Crippen LogP contribution is 2.25. The highest BCUT2D eigenvalue weighted by molar-refractivity contribution is 9.10. The van der Waals surface area contributed by atoms with Crippen LogP contribution in [-0.4, -0.2) is 41.0 Å². The van der Waals surface area contributed by atoms with Crippen LogP contribution in [0.1, 0.15) is 43.6 Å². The molecule has 0 aliphatic carbocycles. The predicted octanol–water partition coefficient (Wildman–Crippen LogP) is 3.54. The fraction of sp³-hybridized carbons (Fsp3) is 0.115. The molecule has 0 unspecified atom stereocenters. The van der Waals surface area contributed by atoms with Crippen LogP contribution < -0.4 is 15.4 Å². The molecule has 4 amide bonds. The third-order valence-corrected chi connectivity index (χ3v) is 5.76. The predicted molar refractivity (Wildman–Crippen MR) is 134 cm³/mol. The second-order valence-electron chi connectivity index (χ2n) is 7.94. The van der Waals surface area contributed by atoms with E-state index in [-0.39, 0.29) is 23.4 Å². The van der Waals surface area contributed by atoms with E-state index in [4.69, 9.17) is 4.74 Å². The van der Waals surface area contributed by atoms with Gasteiger partial charge >= 0.3 is 5.97 Å². The Balaban J connectivity index is 1.34. The Kier molecular flexibility index (Phi) is 7.25. The first-order valence-corrected chi connectivity index (χ1v) is 11.6. The van der Waals surface area contributed by atoms with Crippen molar-refractivity contribution in [3.05, 3.63) is 93.5 Å². The van der Waals surface area contributed by atoms with Gasteiger partial charge in [0.1, 0.15) is 12.3 Å². The zero-order valence-electron chi connectivity index (χ0n) is 19.0. The monoisotopic (exact) mass is 549 g/mol. The number of carbonyl (C=O) groups excluding carboxylic acids is 5. The van der Waals surface area contributed by atoms with Gasteiger partial charge in [-0.1, -0.05) is 34.1 Å². The van der Waals surface area contributed by atoms with Crippen LogP contribution in [0.2, 0.25) is 0 Å². The van der Waals surface area contributed by atoms with Crippen molar-refractivity contribution in [2.24, 2.45) is 0 Å². The van der Waals surface area contributed by atoms with Gasteiger partial charge in [-0.2, -0.15) is 0 Å². The van der Waals surface area contributed by atoms with Crippen LogP contribution in [0.4, 0.5) is 5.69 Å². The summed E-state index contributed by atoms with van der Waals surface area (Å²) >= 11 is 3.27. The third kappa shape index (κ3) is 5.66. The van der Waals surface area contributed by atoms with Gasteiger partial charge in [0.2, 0.25) is 5.91 Å². The average molecular weight is 550 g/mol. The molecule has 0 atom stereocenters. The van der Waals surface area contributed by atoms with Crippen LogP contribution >= 0.6 is 15.9 Å². The Morgan fingerprint density at radius 3 is 2.44 bits per heavy atom. The lowest BCUT2D eigenvalue weighted by Crippen LogP contribution is -2.40. The van der Waals surface area contributed by atoms with Gasteiger partial charge in [0.05, 0.1) is 11.1 Å². The molecule has 3 aromatic rings. The summed E-state index contributed by atoms with van der Waals surface area (Å²) in [6, 6.07) is 17.8. The molecule has 0 saturated carbocycles. The van der Waals surface area contributed by atoms with Gasteiger partial charge in [0, 0.05) is 29.2 Å². The van der Waals surface area contributed by atoms with E-state index in [9.17, 15) is 24.0 Å². The molecule has 0 radical (unpaired) electrons. The molecule has 0 saturated heterocycles. The van der Waals surface area contributed by atoms with E-state index in [2.05, 4.69) is 26.6 Å². The number of amides is 4. The van der Waals surface area contributed by atoms with Crippen molar-refractivity contribution < 1.29 is 28.7 Å². The molecule has 4 rings (SSSR count). The SMILES string of the molecule is CC(=O)Oc1cccc(C(=O)Nc2cccc(CNC(=O)CN3C(=O)c4ccc(Br)cc4C3=O)c2)c1. The van der Waals surface area contributed by atoms with E-state index < -0.39 is 36.1 Å². The summed E-state index contributed by atoms with van der Waals surface area (Å²) in [6.45, 7) is 0.994. The van der Waals surface area contributed by atoms with Crippen molar-refractivity contribution in [2.75, 3.05) is 11.9 Å². The number of benzene rings is 3. The van der Waals surface area contributed by atoms with Gasteiger partial charge in [-0.25, -0.2) is 0 Å². The van der Waals surface area contributed by atoms with Crippen molar-refractivity contribution in [3.8, 4) is 5.75 Å². The number of hydrogen-bond acceptors (Lipinski definition) is 6. The Labute approximate surface area is 214 Å². The second kappa shape index (κ2) is 10.5. The van der Waals surface area contributed by atoms with Crippen LogP contribution in [0.5, 0.6) is 5.75 Å². The quantitative estimate of drug-likeness (QED) is 0.264. The van der Waals surface area contributed by atoms with Crippen LogP contribution in [0, 0.1) is 0 Å². The van der Waals surface area contributed by atoms with Crippen molar-refractivity contribution in [1.29, 1.82) is 0 Å². The maximum atomic E-state index is 12.6. The average Bonchev–Trinajstić information content (AvgIpc) is 3.07. The molecule has 0 fully saturated rings. The number of imide groups is 1. The number of anilines is 1.